The zero-order chi connectivity index (χ0) is 31.6. The minimum Gasteiger partial charge on any atom is -0.460 e. The Kier molecular flexibility index (Phi) is 8.65. The van der Waals surface area contributed by atoms with Crippen molar-refractivity contribution < 1.29 is 33.0 Å². The topological polar surface area (TPSA) is 193 Å². The Hall–Kier alpha value is -4.59. The van der Waals surface area contributed by atoms with Gasteiger partial charge in [-0.05, 0) is 23.9 Å². The van der Waals surface area contributed by atoms with E-state index in [4.69, 9.17) is 24.3 Å². The van der Waals surface area contributed by atoms with Crippen molar-refractivity contribution in [3.05, 3.63) is 95.2 Å². The number of anilines is 1. The summed E-state index contributed by atoms with van der Waals surface area (Å²) < 4.78 is 39.7. The third-order valence-electron chi connectivity index (χ3n) is 7.31. The van der Waals surface area contributed by atoms with Crippen LogP contribution in [0.3, 0.4) is 0 Å². The van der Waals surface area contributed by atoms with Gasteiger partial charge in [-0.15, -0.1) is 0 Å². The Morgan fingerprint density at radius 2 is 1.93 bits per heavy atom. The smallest absolute Gasteiger partial charge is 0.459 e. The maximum absolute atomic E-state index is 14.5. The van der Waals surface area contributed by atoms with Crippen molar-refractivity contribution in [3.8, 4) is 5.75 Å². The summed E-state index contributed by atoms with van der Waals surface area (Å²) in [7, 11) is -4.38. The standard InChI is InChI=1S/C30H31N6O8P/c1-18(29(38)41-16-19-8-3-2-4-9-19)35-45(40,43-22-13-7-11-20-10-5-6-12-21(20)22)44-23-14-25(42-24(23)15-37)36-17-32-26-27(31)33-30(39)34-28(26)36/h2-13,17-18,23-25,37H,14-16H2,1H3,(H,35,40)(H3,31,33,34,39)/t18-,23?,24+,25+,45?/m0/s1. The molecule has 0 bridgehead atoms. The number of carbonyl (C=O) groups excluding carboxylic acids is 1. The van der Waals surface area contributed by atoms with Gasteiger partial charge >= 0.3 is 19.4 Å². The number of aliphatic hydroxyl groups is 1. The Labute approximate surface area is 256 Å². The van der Waals surface area contributed by atoms with E-state index in [2.05, 4.69) is 20.0 Å². The zero-order valence-electron chi connectivity index (χ0n) is 24.1. The summed E-state index contributed by atoms with van der Waals surface area (Å²) in [6.45, 7) is 1.01. The molecule has 2 unspecified atom stereocenters. The molecule has 1 fully saturated rings. The quantitative estimate of drug-likeness (QED) is 0.122. The fourth-order valence-corrected chi connectivity index (χ4v) is 6.85. The SMILES string of the molecule is C[C@H](NP(=O)(Oc1cccc2ccccc12)OC1C[C@H](n2cnc3c(N)[nH]c(=O)nc32)O[C@@H]1CO)C(=O)OCc1ccccc1. The van der Waals surface area contributed by atoms with E-state index in [0.29, 0.717) is 5.39 Å². The summed E-state index contributed by atoms with van der Waals surface area (Å²) in [4.78, 5) is 35.5. The number of aliphatic hydroxyl groups excluding tert-OH is 1. The predicted octanol–water partition coefficient (Wildman–Crippen LogP) is 3.43. The van der Waals surface area contributed by atoms with Gasteiger partial charge in [0.15, 0.2) is 5.65 Å². The van der Waals surface area contributed by atoms with E-state index in [9.17, 15) is 19.3 Å². The highest BCUT2D eigenvalue weighted by molar-refractivity contribution is 7.52. The molecule has 234 valence electrons. The molecule has 5 N–H and O–H groups in total. The summed E-state index contributed by atoms with van der Waals surface area (Å²) in [5.74, 6) is -0.384. The van der Waals surface area contributed by atoms with Crippen LogP contribution in [-0.4, -0.2) is 55.5 Å². The molecule has 0 saturated carbocycles. The number of imidazole rings is 1. The molecule has 5 aromatic rings. The van der Waals surface area contributed by atoms with Crippen molar-refractivity contribution in [1.29, 1.82) is 0 Å². The van der Waals surface area contributed by atoms with Crippen LogP contribution >= 0.6 is 7.75 Å². The lowest BCUT2D eigenvalue weighted by atomic mass is 10.1. The highest BCUT2D eigenvalue weighted by Gasteiger charge is 2.44. The molecule has 6 rings (SSSR count). The van der Waals surface area contributed by atoms with Gasteiger partial charge in [-0.1, -0.05) is 66.7 Å². The first kappa shape index (κ1) is 30.4. The summed E-state index contributed by atoms with van der Waals surface area (Å²) in [6, 6.07) is 20.7. The molecule has 0 amide bonds. The largest absolute Gasteiger partial charge is 0.460 e. The number of ether oxygens (including phenoxy) is 2. The van der Waals surface area contributed by atoms with E-state index < -0.39 is 50.5 Å². The summed E-state index contributed by atoms with van der Waals surface area (Å²) in [5, 5.41) is 14.4. The molecule has 3 aromatic carbocycles. The molecule has 0 aliphatic carbocycles. The molecule has 1 aliphatic rings. The third kappa shape index (κ3) is 6.60. The van der Waals surface area contributed by atoms with Crippen LogP contribution in [0, 0.1) is 0 Å². The van der Waals surface area contributed by atoms with Crippen molar-refractivity contribution in [1.82, 2.24) is 24.6 Å². The van der Waals surface area contributed by atoms with Crippen molar-refractivity contribution in [2.24, 2.45) is 0 Å². The number of nitrogens with zero attached hydrogens (tertiary/aromatic N) is 3. The molecular weight excluding hydrogens is 603 g/mol. The van der Waals surface area contributed by atoms with Gasteiger partial charge in [0.05, 0.1) is 12.9 Å². The van der Waals surface area contributed by atoms with E-state index >= 15 is 0 Å². The molecule has 5 atom stereocenters. The highest BCUT2D eigenvalue weighted by Crippen LogP contribution is 2.50. The number of H-pyrrole nitrogens is 1. The third-order valence-corrected chi connectivity index (χ3v) is 9.00. The average molecular weight is 635 g/mol. The second-order valence-electron chi connectivity index (χ2n) is 10.5. The number of carbonyl (C=O) groups is 1. The first-order valence-corrected chi connectivity index (χ1v) is 15.7. The number of nitrogens with one attached hydrogen (secondary N) is 2. The van der Waals surface area contributed by atoms with Crippen LogP contribution in [0.5, 0.6) is 5.75 Å². The monoisotopic (exact) mass is 634 g/mol. The lowest BCUT2D eigenvalue weighted by Gasteiger charge is -2.27. The van der Waals surface area contributed by atoms with Crippen LogP contribution in [0.25, 0.3) is 21.9 Å². The molecule has 3 heterocycles. The summed E-state index contributed by atoms with van der Waals surface area (Å²) in [5.41, 5.74) is 6.44. The normalized spacial score (nSPS) is 20.2. The number of esters is 1. The van der Waals surface area contributed by atoms with Crippen LogP contribution in [-0.2, 0) is 30.0 Å². The number of benzene rings is 3. The van der Waals surface area contributed by atoms with E-state index in [1.807, 2.05) is 60.7 Å². The second-order valence-corrected chi connectivity index (χ2v) is 12.1. The summed E-state index contributed by atoms with van der Waals surface area (Å²) >= 11 is 0. The minimum atomic E-state index is -4.38. The number of aromatic amines is 1. The number of nitrogens with two attached hydrogens (primary N) is 1. The number of fused-ring (bicyclic) bond motifs is 2. The van der Waals surface area contributed by atoms with Crippen LogP contribution in [0.15, 0.2) is 83.9 Å². The average Bonchev–Trinajstić information content (AvgIpc) is 3.64. The van der Waals surface area contributed by atoms with E-state index in [0.717, 1.165) is 10.9 Å². The molecule has 14 nitrogen and oxygen atoms in total. The van der Waals surface area contributed by atoms with Gasteiger partial charge in [-0.2, -0.15) is 10.1 Å². The van der Waals surface area contributed by atoms with Crippen molar-refractivity contribution in [2.75, 3.05) is 12.3 Å². The van der Waals surface area contributed by atoms with Crippen molar-refractivity contribution in [2.45, 2.75) is 44.4 Å². The zero-order valence-corrected chi connectivity index (χ0v) is 25.0. The fourth-order valence-electron chi connectivity index (χ4n) is 5.12. The Morgan fingerprint density at radius 3 is 2.73 bits per heavy atom. The summed E-state index contributed by atoms with van der Waals surface area (Å²) in [6.07, 6.45) is -1.30. The number of nitrogen functional groups attached to an aromatic ring is 1. The molecular formula is C30H31N6O8P. The van der Waals surface area contributed by atoms with Gasteiger partial charge in [0.2, 0.25) is 0 Å². The fraction of sp³-hybridized carbons (Fsp3) is 0.267. The number of hydrogen-bond donors (Lipinski definition) is 4. The Morgan fingerprint density at radius 1 is 1.18 bits per heavy atom. The van der Waals surface area contributed by atoms with Gasteiger partial charge in [-0.25, -0.2) is 14.3 Å². The van der Waals surface area contributed by atoms with E-state index in [1.54, 1.807) is 12.1 Å². The van der Waals surface area contributed by atoms with Gasteiger partial charge in [-0.3, -0.25) is 18.9 Å². The van der Waals surface area contributed by atoms with Crippen molar-refractivity contribution >= 4 is 41.5 Å². The number of hydrogen-bond acceptors (Lipinski definition) is 11. The van der Waals surface area contributed by atoms with Crippen LogP contribution in [0.1, 0.15) is 25.1 Å². The van der Waals surface area contributed by atoms with Crippen molar-refractivity contribution in [3.63, 3.8) is 0 Å². The van der Waals surface area contributed by atoms with Crippen LogP contribution in [0.2, 0.25) is 0 Å². The highest BCUT2D eigenvalue weighted by atomic mass is 31.2. The Bertz CT molecular complexity index is 1930. The second kappa shape index (κ2) is 12.8. The van der Waals surface area contributed by atoms with E-state index in [1.165, 1.54) is 17.8 Å². The minimum absolute atomic E-state index is 0.0199. The van der Waals surface area contributed by atoms with E-state index in [-0.39, 0.29) is 35.8 Å². The number of rotatable bonds is 11. The molecule has 15 heteroatoms. The van der Waals surface area contributed by atoms with Gasteiger partial charge in [0.25, 0.3) is 0 Å². The first-order chi connectivity index (χ1) is 21.7. The lowest BCUT2D eigenvalue weighted by molar-refractivity contribution is -0.146. The van der Waals surface area contributed by atoms with Gasteiger partial charge in [0.1, 0.15) is 48.2 Å². The van der Waals surface area contributed by atoms with Crippen LogP contribution in [0.4, 0.5) is 5.82 Å². The van der Waals surface area contributed by atoms with Gasteiger partial charge < -0.3 is 24.8 Å². The number of aromatic nitrogens is 4. The van der Waals surface area contributed by atoms with Crippen LogP contribution < -0.4 is 21.0 Å². The van der Waals surface area contributed by atoms with Gasteiger partial charge in [0, 0.05) is 11.8 Å². The molecule has 1 saturated heterocycles. The lowest BCUT2D eigenvalue weighted by Crippen LogP contribution is -2.37. The maximum atomic E-state index is 14.5. The maximum Gasteiger partial charge on any atom is 0.459 e. The molecule has 1 aliphatic heterocycles. The molecule has 0 radical (unpaired) electrons. The molecule has 0 spiro atoms. The predicted molar refractivity (Wildman–Crippen MR) is 164 cm³/mol. The first-order valence-electron chi connectivity index (χ1n) is 14.2. The molecule has 2 aromatic heterocycles. The Balaban J connectivity index is 1.27. The molecule has 45 heavy (non-hydrogen) atoms.